The standard InChI is InChI=1S/C22H27N3O2/c1-27-21-12-17(9-10-20(21)19-13-23-24-14-19)22(26)25-11-5-8-18(15-25)16-6-3-2-4-7-16/h2-4,6-7,9-10,12,18-19,23-24H,5,8,11,13-15H2,1H3. The van der Waals surface area contributed by atoms with Crippen LogP contribution in [0, 0.1) is 0 Å². The molecule has 0 saturated carbocycles. The fraction of sp³-hybridized carbons (Fsp3) is 0.409. The average molecular weight is 365 g/mol. The van der Waals surface area contributed by atoms with Gasteiger partial charge in [-0.05, 0) is 36.1 Å². The highest BCUT2D eigenvalue weighted by Gasteiger charge is 2.27. The SMILES string of the molecule is COc1cc(C(=O)N2CCCC(c3ccccc3)C2)ccc1C1CNNC1. The molecule has 2 aliphatic heterocycles. The number of carbonyl (C=O) groups excluding carboxylic acids is 1. The van der Waals surface area contributed by atoms with Gasteiger partial charge < -0.3 is 9.64 Å². The van der Waals surface area contributed by atoms with Crippen molar-refractivity contribution in [1.82, 2.24) is 15.8 Å². The second kappa shape index (κ2) is 8.11. The number of methoxy groups -OCH3 is 1. The smallest absolute Gasteiger partial charge is 0.254 e. The first-order valence-electron chi connectivity index (χ1n) is 9.74. The Kier molecular flexibility index (Phi) is 5.41. The topological polar surface area (TPSA) is 53.6 Å². The number of carbonyl (C=O) groups is 1. The monoisotopic (exact) mass is 365 g/mol. The highest BCUT2D eigenvalue weighted by Crippen LogP contribution is 2.31. The second-order valence-electron chi connectivity index (χ2n) is 7.42. The number of rotatable bonds is 4. The summed E-state index contributed by atoms with van der Waals surface area (Å²) in [5, 5.41) is 0. The summed E-state index contributed by atoms with van der Waals surface area (Å²) in [6, 6.07) is 16.4. The van der Waals surface area contributed by atoms with E-state index in [-0.39, 0.29) is 5.91 Å². The van der Waals surface area contributed by atoms with E-state index in [2.05, 4.69) is 35.1 Å². The minimum absolute atomic E-state index is 0.100. The van der Waals surface area contributed by atoms with Crippen LogP contribution in [0.2, 0.25) is 0 Å². The van der Waals surface area contributed by atoms with Crippen molar-refractivity contribution >= 4 is 5.91 Å². The van der Waals surface area contributed by atoms with Gasteiger partial charge in [0.1, 0.15) is 5.75 Å². The normalized spacial score (nSPS) is 20.6. The third-order valence-electron chi connectivity index (χ3n) is 5.72. The summed E-state index contributed by atoms with van der Waals surface area (Å²) in [4.78, 5) is 15.1. The Morgan fingerprint density at radius 1 is 1.07 bits per heavy atom. The third-order valence-corrected chi connectivity index (χ3v) is 5.72. The van der Waals surface area contributed by atoms with Gasteiger partial charge >= 0.3 is 0 Å². The summed E-state index contributed by atoms with van der Waals surface area (Å²) < 4.78 is 5.60. The van der Waals surface area contributed by atoms with Gasteiger partial charge in [0.15, 0.2) is 0 Å². The molecule has 1 amide bonds. The molecule has 1 atom stereocenters. The third kappa shape index (κ3) is 3.84. The maximum absolute atomic E-state index is 13.1. The van der Waals surface area contributed by atoms with Crippen LogP contribution < -0.4 is 15.6 Å². The number of ether oxygens (including phenoxy) is 1. The number of benzene rings is 2. The number of hydrazine groups is 1. The zero-order chi connectivity index (χ0) is 18.6. The Morgan fingerprint density at radius 2 is 1.85 bits per heavy atom. The first-order valence-corrected chi connectivity index (χ1v) is 9.74. The second-order valence-corrected chi connectivity index (χ2v) is 7.42. The van der Waals surface area contributed by atoms with Crippen LogP contribution in [0.3, 0.4) is 0 Å². The molecular formula is C22H27N3O2. The van der Waals surface area contributed by atoms with E-state index in [1.807, 2.05) is 29.2 Å². The highest BCUT2D eigenvalue weighted by molar-refractivity contribution is 5.95. The molecular weight excluding hydrogens is 338 g/mol. The van der Waals surface area contributed by atoms with Crippen molar-refractivity contribution in [2.45, 2.75) is 24.7 Å². The van der Waals surface area contributed by atoms with Gasteiger partial charge in [-0.2, -0.15) is 0 Å². The molecule has 1 unspecified atom stereocenters. The Morgan fingerprint density at radius 3 is 2.59 bits per heavy atom. The zero-order valence-electron chi connectivity index (χ0n) is 15.8. The van der Waals surface area contributed by atoms with Gasteiger partial charge in [0.25, 0.3) is 5.91 Å². The van der Waals surface area contributed by atoms with Crippen LogP contribution in [-0.2, 0) is 0 Å². The quantitative estimate of drug-likeness (QED) is 0.875. The predicted octanol–water partition coefficient (Wildman–Crippen LogP) is 2.91. The van der Waals surface area contributed by atoms with Crippen molar-refractivity contribution in [3.63, 3.8) is 0 Å². The summed E-state index contributed by atoms with van der Waals surface area (Å²) in [6.07, 6.45) is 2.18. The first kappa shape index (κ1) is 18.0. The number of nitrogens with one attached hydrogen (secondary N) is 2. The van der Waals surface area contributed by atoms with Crippen LogP contribution in [0.1, 0.15) is 46.2 Å². The molecule has 2 fully saturated rings. The Bertz CT molecular complexity index is 787. The van der Waals surface area contributed by atoms with Crippen LogP contribution in [-0.4, -0.2) is 44.1 Å². The van der Waals surface area contributed by atoms with E-state index in [0.29, 0.717) is 17.4 Å². The van der Waals surface area contributed by atoms with Crippen LogP contribution in [0.25, 0.3) is 0 Å². The van der Waals surface area contributed by atoms with Gasteiger partial charge in [-0.25, -0.2) is 0 Å². The summed E-state index contributed by atoms with van der Waals surface area (Å²) >= 11 is 0. The minimum atomic E-state index is 0.100. The number of piperidine rings is 1. The summed E-state index contributed by atoms with van der Waals surface area (Å²) in [5.41, 5.74) is 9.48. The Balaban J connectivity index is 1.51. The van der Waals surface area contributed by atoms with Crippen molar-refractivity contribution in [2.24, 2.45) is 0 Å². The lowest BCUT2D eigenvalue weighted by Gasteiger charge is -2.33. The maximum Gasteiger partial charge on any atom is 0.254 e. The molecule has 0 aliphatic carbocycles. The molecule has 2 heterocycles. The molecule has 5 nitrogen and oxygen atoms in total. The summed E-state index contributed by atoms with van der Waals surface area (Å²) in [5.74, 6) is 1.68. The lowest BCUT2D eigenvalue weighted by atomic mass is 9.90. The molecule has 27 heavy (non-hydrogen) atoms. The molecule has 4 rings (SSSR count). The van der Waals surface area contributed by atoms with E-state index in [1.54, 1.807) is 7.11 Å². The Labute approximate surface area is 160 Å². The van der Waals surface area contributed by atoms with Gasteiger partial charge in [0.05, 0.1) is 7.11 Å². The van der Waals surface area contributed by atoms with Crippen molar-refractivity contribution in [3.05, 3.63) is 65.2 Å². The average Bonchev–Trinajstić information content (AvgIpc) is 3.28. The lowest BCUT2D eigenvalue weighted by Crippen LogP contribution is -2.39. The molecule has 2 saturated heterocycles. The molecule has 0 aromatic heterocycles. The maximum atomic E-state index is 13.1. The van der Waals surface area contributed by atoms with Crippen LogP contribution in [0.4, 0.5) is 0 Å². The van der Waals surface area contributed by atoms with E-state index in [9.17, 15) is 4.79 Å². The fourth-order valence-electron chi connectivity index (χ4n) is 4.21. The van der Waals surface area contributed by atoms with Gasteiger partial charge in [-0.3, -0.25) is 15.6 Å². The van der Waals surface area contributed by atoms with Crippen molar-refractivity contribution in [2.75, 3.05) is 33.3 Å². The number of hydrogen-bond acceptors (Lipinski definition) is 4. The number of likely N-dealkylation sites (tertiary alicyclic amines) is 1. The van der Waals surface area contributed by atoms with Gasteiger partial charge in [-0.15, -0.1) is 0 Å². The molecule has 142 valence electrons. The van der Waals surface area contributed by atoms with Crippen molar-refractivity contribution in [1.29, 1.82) is 0 Å². The highest BCUT2D eigenvalue weighted by atomic mass is 16.5. The summed E-state index contributed by atoms with van der Waals surface area (Å²) in [6.45, 7) is 3.34. The van der Waals surface area contributed by atoms with E-state index in [0.717, 1.165) is 50.3 Å². The molecule has 2 aromatic rings. The number of amides is 1. The van der Waals surface area contributed by atoms with Crippen molar-refractivity contribution in [3.8, 4) is 5.75 Å². The predicted molar refractivity (Wildman–Crippen MR) is 106 cm³/mol. The Hall–Kier alpha value is -2.37. The largest absolute Gasteiger partial charge is 0.496 e. The van der Waals surface area contributed by atoms with Crippen LogP contribution in [0.5, 0.6) is 5.75 Å². The van der Waals surface area contributed by atoms with Crippen LogP contribution in [0.15, 0.2) is 48.5 Å². The van der Waals surface area contributed by atoms with Crippen molar-refractivity contribution < 1.29 is 9.53 Å². The van der Waals surface area contributed by atoms with Gasteiger partial charge in [-0.1, -0.05) is 36.4 Å². The number of nitrogens with zero attached hydrogens (tertiary/aromatic N) is 1. The lowest BCUT2D eigenvalue weighted by molar-refractivity contribution is 0.0706. The van der Waals surface area contributed by atoms with Crippen LogP contribution >= 0.6 is 0 Å². The van der Waals surface area contributed by atoms with Gasteiger partial charge in [0.2, 0.25) is 0 Å². The van der Waals surface area contributed by atoms with Gasteiger partial charge in [0, 0.05) is 43.6 Å². The molecule has 0 bridgehead atoms. The van der Waals surface area contributed by atoms with E-state index >= 15 is 0 Å². The van der Waals surface area contributed by atoms with E-state index in [4.69, 9.17) is 4.74 Å². The molecule has 0 radical (unpaired) electrons. The summed E-state index contributed by atoms with van der Waals surface area (Å²) in [7, 11) is 1.68. The number of hydrogen-bond donors (Lipinski definition) is 2. The minimum Gasteiger partial charge on any atom is -0.496 e. The van der Waals surface area contributed by atoms with E-state index in [1.165, 1.54) is 5.56 Å². The van der Waals surface area contributed by atoms with E-state index < -0.39 is 0 Å². The molecule has 2 aromatic carbocycles. The molecule has 2 N–H and O–H groups in total. The fourth-order valence-corrected chi connectivity index (χ4v) is 4.21. The molecule has 5 heteroatoms. The molecule has 2 aliphatic rings. The molecule has 0 spiro atoms. The zero-order valence-corrected chi connectivity index (χ0v) is 15.8. The first-order chi connectivity index (χ1) is 13.3.